The minimum atomic E-state index is 0.793. The molecule has 0 N–H and O–H groups in total. The Bertz CT molecular complexity index is 586. The lowest BCUT2D eigenvalue weighted by Crippen LogP contribution is -2.28. The van der Waals surface area contributed by atoms with Crippen LogP contribution in [0.3, 0.4) is 0 Å². The lowest BCUT2D eigenvalue weighted by molar-refractivity contribution is 0.169. The Labute approximate surface area is 161 Å². The number of benzene rings is 1. The second kappa shape index (κ2) is 8.77. The van der Waals surface area contributed by atoms with Crippen LogP contribution in [0.15, 0.2) is 24.8 Å². The van der Waals surface area contributed by atoms with Crippen molar-refractivity contribution < 1.29 is 0 Å². The van der Waals surface area contributed by atoms with Gasteiger partial charge in [-0.15, -0.1) is 0 Å². The molecule has 0 nitrogen and oxygen atoms in total. The first kappa shape index (κ1) is 18.3. The molecule has 0 heterocycles. The molecule has 2 atom stereocenters. The summed E-state index contributed by atoms with van der Waals surface area (Å²) in [6, 6.07) is 7.17. The molecule has 0 aliphatic heterocycles. The minimum Gasteiger partial charge on any atom is -0.0985 e. The van der Waals surface area contributed by atoms with Crippen molar-refractivity contribution in [3.05, 3.63) is 41.5 Å². The molecule has 0 heteroatoms. The van der Waals surface area contributed by atoms with E-state index < -0.39 is 0 Å². The fraction of sp³-hybridized carbons (Fsp3) is 0.692. The SMILES string of the molecule is C=Cc1cccc(C2CCCCC2C2CCCCC2)c1C1CCCCC1. The molecule has 0 amide bonds. The van der Waals surface area contributed by atoms with E-state index >= 15 is 0 Å². The van der Waals surface area contributed by atoms with Crippen molar-refractivity contribution in [3.8, 4) is 0 Å². The van der Waals surface area contributed by atoms with E-state index in [4.69, 9.17) is 0 Å². The molecule has 3 saturated carbocycles. The van der Waals surface area contributed by atoms with Crippen LogP contribution in [0.5, 0.6) is 0 Å². The quantitative estimate of drug-likeness (QED) is 0.513. The van der Waals surface area contributed by atoms with E-state index in [0.29, 0.717) is 0 Å². The van der Waals surface area contributed by atoms with Crippen LogP contribution in [0.1, 0.15) is 118 Å². The molecule has 0 bridgehead atoms. The summed E-state index contributed by atoms with van der Waals surface area (Å²) in [4.78, 5) is 0. The highest BCUT2D eigenvalue weighted by Crippen LogP contribution is 2.49. The summed E-state index contributed by atoms with van der Waals surface area (Å²) in [6.07, 6.45) is 22.5. The smallest absolute Gasteiger partial charge is 0.0128 e. The van der Waals surface area contributed by atoms with Gasteiger partial charge in [0.25, 0.3) is 0 Å². The zero-order chi connectivity index (χ0) is 17.8. The van der Waals surface area contributed by atoms with Crippen LogP contribution < -0.4 is 0 Å². The van der Waals surface area contributed by atoms with Gasteiger partial charge in [-0.2, -0.15) is 0 Å². The van der Waals surface area contributed by atoms with Gasteiger partial charge in [0.2, 0.25) is 0 Å². The highest BCUT2D eigenvalue weighted by Gasteiger charge is 2.35. The molecule has 26 heavy (non-hydrogen) atoms. The van der Waals surface area contributed by atoms with E-state index in [1.165, 1.54) is 95.5 Å². The topological polar surface area (TPSA) is 0 Å². The average Bonchev–Trinajstić information content (AvgIpc) is 2.74. The molecule has 4 rings (SSSR count). The lowest BCUT2D eigenvalue weighted by atomic mass is 9.64. The van der Waals surface area contributed by atoms with Crippen LogP contribution in [0.2, 0.25) is 0 Å². The van der Waals surface area contributed by atoms with E-state index in [1.807, 2.05) is 0 Å². The third kappa shape index (κ3) is 3.80. The molecule has 0 saturated heterocycles. The Morgan fingerprint density at radius 2 is 1.38 bits per heavy atom. The van der Waals surface area contributed by atoms with Gasteiger partial charge >= 0.3 is 0 Å². The second-order valence-electron chi connectivity index (χ2n) is 9.34. The molecule has 1 aromatic rings. The molecule has 3 aliphatic carbocycles. The number of hydrogen-bond donors (Lipinski definition) is 0. The predicted molar refractivity (Wildman–Crippen MR) is 114 cm³/mol. The van der Waals surface area contributed by atoms with E-state index in [1.54, 1.807) is 11.1 Å². The van der Waals surface area contributed by atoms with Crippen LogP contribution in [0, 0.1) is 11.8 Å². The Hall–Kier alpha value is -1.04. The van der Waals surface area contributed by atoms with Gasteiger partial charge in [0, 0.05) is 0 Å². The van der Waals surface area contributed by atoms with E-state index in [9.17, 15) is 0 Å². The van der Waals surface area contributed by atoms with Crippen molar-refractivity contribution in [3.63, 3.8) is 0 Å². The Balaban J connectivity index is 1.68. The first-order chi connectivity index (χ1) is 12.9. The van der Waals surface area contributed by atoms with Gasteiger partial charge in [-0.3, -0.25) is 0 Å². The van der Waals surface area contributed by atoms with Gasteiger partial charge in [-0.05, 0) is 66.0 Å². The second-order valence-corrected chi connectivity index (χ2v) is 9.34. The van der Waals surface area contributed by atoms with Gasteiger partial charge in [-0.25, -0.2) is 0 Å². The van der Waals surface area contributed by atoms with Crippen molar-refractivity contribution >= 4 is 6.08 Å². The first-order valence-corrected chi connectivity index (χ1v) is 11.6. The van der Waals surface area contributed by atoms with Crippen molar-refractivity contribution in [2.45, 2.75) is 102 Å². The lowest BCUT2D eigenvalue weighted by Gasteiger charge is -2.41. The molecule has 0 aromatic heterocycles. The molecular weight excluding hydrogens is 312 g/mol. The molecule has 0 radical (unpaired) electrons. The normalized spacial score (nSPS) is 28.8. The maximum absolute atomic E-state index is 4.18. The van der Waals surface area contributed by atoms with Crippen LogP contribution in [0.4, 0.5) is 0 Å². The predicted octanol–water partition coefficient (Wildman–Crippen LogP) is 8.23. The van der Waals surface area contributed by atoms with Crippen LogP contribution in [0.25, 0.3) is 6.08 Å². The Morgan fingerprint density at radius 1 is 0.731 bits per heavy atom. The van der Waals surface area contributed by atoms with Gasteiger partial charge in [-0.1, -0.05) is 95.1 Å². The average molecular weight is 351 g/mol. The molecular formula is C26H38. The van der Waals surface area contributed by atoms with Gasteiger partial charge in [0.1, 0.15) is 0 Å². The zero-order valence-electron chi connectivity index (χ0n) is 16.7. The van der Waals surface area contributed by atoms with Crippen LogP contribution >= 0.6 is 0 Å². The summed E-state index contributed by atoms with van der Waals surface area (Å²) >= 11 is 0. The van der Waals surface area contributed by atoms with Gasteiger partial charge in [0.05, 0.1) is 0 Å². The van der Waals surface area contributed by atoms with Gasteiger partial charge < -0.3 is 0 Å². The molecule has 2 unspecified atom stereocenters. The summed E-state index contributed by atoms with van der Waals surface area (Å²) in [6.45, 7) is 4.18. The maximum atomic E-state index is 4.18. The van der Waals surface area contributed by atoms with Crippen molar-refractivity contribution in [2.24, 2.45) is 11.8 Å². The van der Waals surface area contributed by atoms with E-state index in [0.717, 1.165) is 23.7 Å². The van der Waals surface area contributed by atoms with Crippen molar-refractivity contribution in [2.75, 3.05) is 0 Å². The van der Waals surface area contributed by atoms with E-state index in [-0.39, 0.29) is 0 Å². The van der Waals surface area contributed by atoms with E-state index in [2.05, 4.69) is 30.9 Å². The number of hydrogen-bond acceptors (Lipinski definition) is 0. The fourth-order valence-corrected chi connectivity index (χ4v) is 6.64. The molecule has 3 fully saturated rings. The Morgan fingerprint density at radius 3 is 2.12 bits per heavy atom. The maximum Gasteiger partial charge on any atom is -0.0128 e. The molecule has 3 aliphatic rings. The van der Waals surface area contributed by atoms with Crippen molar-refractivity contribution in [1.29, 1.82) is 0 Å². The fourth-order valence-electron chi connectivity index (χ4n) is 6.64. The molecule has 142 valence electrons. The van der Waals surface area contributed by atoms with Crippen molar-refractivity contribution in [1.82, 2.24) is 0 Å². The third-order valence-corrected chi connectivity index (χ3v) is 7.88. The molecule has 0 spiro atoms. The highest BCUT2D eigenvalue weighted by molar-refractivity contribution is 5.56. The standard InChI is InChI=1S/C26H38/c1-2-20-16-11-19-25(26(20)22-14-7-4-8-15-22)24-18-10-9-17-23(24)21-12-5-3-6-13-21/h2,11,16,19,21-24H,1,3-10,12-15,17-18H2. The van der Waals surface area contributed by atoms with Crippen LogP contribution in [-0.4, -0.2) is 0 Å². The zero-order valence-corrected chi connectivity index (χ0v) is 16.7. The molecule has 1 aromatic carbocycles. The largest absolute Gasteiger partial charge is 0.0985 e. The summed E-state index contributed by atoms with van der Waals surface area (Å²) in [5.74, 6) is 3.57. The summed E-state index contributed by atoms with van der Waals surface area (Å²) in [7, 11) is 0. The number of rotatable bonds is 4. The summed E-state index contributed by atoms with van der Waals surface area (Å²) < 4.78 is 0. The minimum absolute atomic E-state index is 0.793. The monoisotopic (exact) mass is 350 g/mol. The highest BCUT2D eigenvalue weighted by atomic mass is 14.4. The summed E-state index contributed by atoms with van der Waals surface area (Å²) in [5.41, 5.74) is 4.90. The summed E-state index contributed by atoms with van der Waals surface area (Å²) in [5, 5.41) is 0. The van der Waals surface area contributed by atoms with Gasteiger partial charge in [0.15, 0.2) is 0 Å². The first-order valence-electron chi connectivity index (χ1n) is 11.6. The van der Waals surface area contributed by atoms with Crippen LogP contribution in [-0.2, 0) is 0 Å². The third-order valence-electron chi connectivity index (χ3n) is 7.88. The Kier molecular flexibility index (Phi) is 6.18.